The van der Waals surface area contributed by atoms with Crippen molar-refractivity contribution in [3.05, 3.63) is 60.3 Å². The van der Waals surface area contributed by atoms with Crippen LogP contribution in [0.1, 0.15) is 29.8 Å². The van der Waals surface area contributed by atoms with Crippen LogP contribution >= 0.6 is 0 Å². The lowest BCUT2D eigenvalue weighted by Crippen LogP contribution is -2.48. The lowest BCUT2D eigenvalue weighted by atomic mass is 9.95. The summed E-state index contributed by atoms with van der Waals surface area (Å²) in [6.07, 6.45) is 3.32. The summed E-state index contributed by atoms with van der Waals surface area (Å²) in [5.74, 6) is -0.574. The van der Waals surface area contributed by atoms with Crippen molar-refractivity contribution in [3.8, 4) is 5.75 Å². The highest BCUT2D eigenvalue weighted by molar-refractivity contribution is 7.89. The largest absolute Gasteiger partial charge is 0.494 e. The first-order valence-electron chi connectivity index (χ1n) is 11.9. The molecule has 192 valence electrons. The molecule has 2 heterocycles. The Bertz CT molecular complexity index is 1300. The highest BCUT2D eigenvalue weighted by atomic mass is 32.2. The summed E-state index contributed by atoms with van der Waals surface area (Å²) in [5.41, 5.74) is 0.956. The third-order valence-corrected chi connectivity index (χ3v) is 7.69. The maximum Gasteiger partial charge on any atom is 0.323 e. The number of nitrogens with one attached hydrogen (secondary N) is 4. The molecule has 1 aromatic heterocycles. The number of carbonyl (C=O) groups is 2. The van der Waals surface area contributed by atoms with E-state index in [9.17, 15) is 23.1 Å². The molecular formula is C25H30N4O6S. The fraction of sp³-hybridized carbons (Fsp3) is 0.360. The van der Waals surface area contributed by atoms with Crippen LogP contribution in [0.3, 0.4) is 0 Å². The van der Waals surface area contributed by atoms with Gasteiger partial charge in [-0.2, -0.15) is 4.72 Å². The van der Waals surface area contributed by atoms with Crippen LogP contribution in [0, 0.1) is 5.92 Å². The van der Waals surface area contributed by atoms with E-state index in [1.807, 2.05) is 18.2 Å². The molecule has 1 fully saturated rings. The highest BCUT2D eigenvalue weighted by Gasteiger charge is 2.26. The van der Waals surface area contributed by atoms with Crippen LogP contribution in [-0.2, 0) is 14.8 Å². The second-order valence-corrected chi connectivity index (χ2v) is 10.5. The summed E-state index contributed by atoms with van der Waals surface area (Å²) < 4.78 is 33.0. The number of sulfonamides is 1. The first-order valence-corrected chi connectivity index (χ1v) is 13.3. The van der Waals surface area contributed by atoms with E-state index in [-0.39, 0.29) is 10.6 Å². The maximum atomic E-state index is 12.7. The lowest BCUT2D eigenvalue weighted by molar-refractivity contribution is -0.138. The molecule has 11 heteroatoms. The molecule has 1 saturated heterocycles. The van der Waals surface area contributed by atoms with E-state index in [0.717, 1.165) is 43.3 Å². The topological polar surface area (TPSA) is 150 Å². The van der Waals surface area contributed by atoms with Crippen molar-refractivity contribution in [1.82, 2.24) is 20.3 Å². The SMILES string of the molecule is O=C(NC[C@@H](NS(=O)(=O)c1ccccc1)C(=O)O)c1cc2cc(OCCC3CCNCC3)ccc2[nH]1. The molecule has 36 heavy (non-hydrogen) atoms. The Hall–Kier alpha value is -3.41. The first-order chi connectivity index (χ1) is 17.3. The summed E-state index contributed by atoms with van der Waals surface area (Å²) >= 11 is 0. The van der Waals surface area contributed by atoms with Gasteiger partial charge in [-0.15, -0.1) is 0 Å². The molecule has 1 atom stereocenters. The molecule has 1 aliphatic rings. The van der Waals surface area contributed by atoms with Crippen molar-refractivity contribution in [2.75, 3.05) is 26.2 Å². The Morgan fingerprint density at radius 3 is 2.56 bits per heavy atom. The number of ether oxygens (including phenoxy) is 1. The van der Waals surface area contributed by atoms with Gasteiger partial charge in [0.25, 0.3) is 5.91 Å². The van der Waals surface area contributed by atoms with E-state index in [1.54, 1.807) is 12.1 Å². The van der Waals surface area contributed by atoms with E-state index in [4.69, 9.17) is 4.74 Å². The number of rotatable bonds is 11. The van der Waals surface area contributed by atoms with Gasteiger partial charge in [0.15, 0.2) is 0 Å². The molecule has 0 spiro atoms. The van der Waals surface area contributed by atoms with Crippen LogP contribution in [0.25, 0.3) is 10.9 Å². The molecule has 1 aliphatic heterocycles. The van der Waals surface area contributed by atoms with E-state index in [2.05, 4.69) is 20.3 Å². The number of fused-ring (bicyclic) bond motifs is 1. The minimum absolute atomic E-state index is 0.0630. The fourth-order valence-corrected chi connectivity index (χ4v) is 5.37. The highest BCUT2D eigenvalue weighted by Crippen LogP contribution is 2.23. The second kappa shape index (κ2) is 11.5. The minimum Gasteiger partial charge on any atom is -0.494 e. The van der Waals surface area contributed by atoms with Crippen LogP contribution < -0.4 is 20.1 Å². The Kier molecular flexibility index (Phi) is 8.24. The maximum absolute atomic E-state index is 12.7. The van der Waals surface area contributed by atoms with Crippen molar-refractivity contribution in [2.24, 2.45) is 5.92 Å². The van der Waals surface area contributed by atoms with Crippen molar-refractivity contribution in [2.45, 2.75) is 30.2 Å². The molecule has 5 N–H and O–H groups in total. The zero-order chi connectivity index (χ0) is 25.5. The molecule has 1 amide bonds. The van der Waals surface area contributed by atoms with Gasteiger partial charge in [-0.3, -0.25) is 9.59 Å². The number of aliphatic carboxylic acids is 1. The molecular weight excluding hydrogens is 484 g/mol. The van der Waals surface area contributed by atoms with Gasteiger partial charge < -0.3 is 25.5 Å². The monoisotopic (exact) mass is 514 g/mol. The number of amides is 1. The third kappa shape index (κ3) is 6.62. The Labute approximate surface area is 209 Å². The van der Waals surface area contributed by atoms with E-state index >= 15 is 0 Å². The van der Waals surface area contributed by atoms with Crippen LogP contribution in [0.2, 0.25) is 0 Å². The Morgan fingerprint density at radius 1 is 1.08 bits per heavy atom. The first kappa shape index (κ1) is 25.7. The average molecular weight is 515 g/mol. The lowest BCUT2D eigenvalue weighted by Gasteiger charge is -2.22. The summed E-state index contributed by atoms with van der Waals surface area (Å²) in [5, 5.41) is 16.1. The van der Waals surface area contributed by atoms with Gasteiger partial charge in [-0.1, -0.05) is 18.2 Å². The predicted octanol–water partition coefficient (Wildman–Crippen LogP) is 2.10. The minimum atomic E-state index is -4.06. The predicted molar refractivity (Wildman–Crippen MR) is 135 cm³/mol. The standard InChI is InChI=1S/C25H30N4O6S/c30-24(27-16-23(25(31)32)29-36(33,34)20-4-2-1-3-5-20)22-15-18-14-19(6-7-21(18)28-22)35-13-10-17-8-11-26-12-9-17/h1-7,14-15,17,23,26,28-29H,8-13,16H2,(H,27,30)(H,31,32)/t23-/m1/s1. The molecule has 4 rings (SSSR count). The van der Waals surface area contributed by atoms with Gasteiger partial charge in [0.2, 0.25) is 10.0 Å². The Balaban J connectivity index is 1.34. The fourth-order valence-electron chi connectivity index (χ4n) is 4.16. The van der Waals surface area contributed by atoms with Crippen LogP contribution in [0.4, 0.5) is 0 Å². The number of aromatic nitrogens is 1. The average Bonchev–Trinajstić information content (AvgIpc) is 3.31. The molecule has 0 saturated carbocycles. The Morgan fingerprint density at radius 2 is 1.83 bits per heavy atom. The summed E-state index contributed by atoms with van der Waals surface area (Å²) in [4.78, 5) is 27.2. The second-order valence-electron chi connectivity index (χ2n) is 8.80. The van der Waals surface area contributed by atoms with Gasteiger partial charge in [0.1, 0.15) is 17.5 Å². The molecule has 0 bridgehead atoms. The van der Waals surface area contributed by atoms with Gasteiger partial charge in [-0.05, 0) is 74.7 Å². The smallest absolute Gasteiger partial charge is 0.323 e. The van der Waals surface area contributed by atoms with Gasteiger partial charge in [-0.25, -0.2) is 8.42 Å². The number of aromatic amines is 1. The zero-order valence-corrected chi connectivity index (χ0v) is 20.5. The van der Waals surface area contributed by atoms with Gasteiger partial charge in [0.05, 0.1) is 11.5 Å². The number of hydrogen-bond donors (Lipinski definition) is 5. The van der Waals surface area contributed by atoms with Crippen molar-refractivity contribution in [1.29, 1.82) is 0 Å². The molecule has 3 aromatic rings. The third-order valence-electron chi connectivity index (χ3n) is 6.21. The summed E-state index contributed by atoms with van der Waals surface area (Å²) in [6.45, 7) is 2.30. The van der Waals surface area contributed by atoms with Gasteiger partial charge in [0, 0.05) is 17.4 Å². The van der Waals surface area contributed by atoms with Crippen molar-refractivity contribution in [3.63, 3.8) is 0 Å². The van der Waals surface area contributed by atoms with E-state index in [0.29, 0.717) is 18.3 Å². The summed E-state index contributed by atoms with van der Waals surface area (Å²) in [6, 6.07) is 13.0. The summed E-state index contributed by atoms with van der Waals surface area (Å²) in [7, 11) is -4.06. The normalized spacial score (nSPS) is 15.4. The van der Waals surface area contributed by atoms with Crippen molar-refractivity contribution < 1.29 is 27.9 Å². The van der Waals surface area contributed by atoms with Gasteiger partial charge >= 0.3 is 5.97 Å². The molecule has 10 nitrogen and oxygen atoms in total. The van der Waals surface area contributed by atoms with E-state index in [1.165, 1.54) is 24.3 Å². The van der Waals surface area contributed by atoms with E-state index < -0.39 is 34.5 Å². The zero-order valence-electron chi connectivity index (χ0n) is 19.7. The molecule has 0 unspecified atom stereocenters. The quantitative estimate of drug-likeness (QED) is 0.263. The number of carboxylic acids is 1. The molecule has 0 aliphatic carbocycles. The number of carbonyl (C=O) groups excluding carboxylic acids is 1. The molecule has 2 aromatic carbocycles. The van der Waals surface area contributed by atoms with Crippen molar-refractivity contribution >= 4 is 32.8 Å². The molecule has 0 radical (unpaired) electrons. The number of piperidine rings is 1. The number of H-pyrrole nitrogens is 1. The number of hydrogen-bond acceptors (Lipinski definition) is 6. The number of carboxylic acid groups (broad SMARTS) is 1. The number of benzene rings is 2. The van der Waals surface area contributed by atoms with Crippen LogP contribution in [0.15, 0.2) is 59.5 Å². The van der Waals surface area contributed by atoms with Crippen LogP contribution in [-0.4, -0.2) is 62.7 Å². The van der Waals surface area contributed by atoms with Crippen LogP contribution in [0.5, 0.6) is 5.75 Å².